The van der Waals surface area contributed by atoms with E-state index >= 15 is 0 Å². The maximum absolute atomic E-state index is 13.7. The number of aromatic amines is 1. The number of hydrogen-bond donors (Lipinski definition) is 2. The van der Waals surface area contributed by atoms with Gasteiger partial charge in [-0.3, -0.25) is 14.7 Å². The molecule has 0 aliphatic rings. The Hall–Kier alpha value is -3.93. The van der Waals surface area contributed by atoms with Crippen LogP contribution in [-0.2, 0) is 0 Å². The van der Waals surface area contributed by atoms with Crippen molar-refractivity contribution in [3.8, 4) is 16.8 Å². The minimum atomic E-state index is -0.412. The number of hydrogen-bond acceptors (Lipinski definition) is 2. The smallest absolute Gasteiger partial charge is 0.279 e. The van der Waals surface area contributed by atoms with Crippen molar-refractivity contribution in [2.45, 2.75) is 26.7 Å². The van der Waals surface area contributed by atoms with Crippen molar-refractivity contribution in [2.24, 2.45) is 0 Å². The molecule has 0 unspecified atom stereocenters. The van der Waals surface area contributed by atoms with Gasteiger partial charge in [0.15, 0.2) is 0 Å². The number of H-pyrrole nitrogens is 1. The van der Waals surface area contributed by atoms with Crippen molar-refractivity contribution in [2.75, 3.05) is 5.32 Å². The summed E-state index contributed by atoms with van der Waals surface area (Å²) in [6.07, 6.45) is 0. The molecular weight excluding hydrogens is 405 g/mol. The van der Waals surface area contributed by atoms with E-state index in [0.29, 0.717) is 22.5 Å². The molecule has 162 valence electrons. The second kappa shape index (κ2) is 8.67. The average molecular weight is 429 g/mol. The highest BCUT2D eigenvalue weighted by molar-refractivity contribution is 6.04. The number of carbonyl (C=O) groups is 1. The van der Waals surface area contributed by atoms with E-state index in [1.165, 1.54) is 16.8 Å². The van der Waals surface area contributed by atoms with Crippen molar-refractivity contribution in [3.63, 3.8) is 0 Å². The fourth-order valence-corrected chi connectivity index (χ4v) is 3.58. The fraction of sp³-hybridized carbons (Fsp3) is 0.154. The normalized spacial score (nSPS) is 11.0. The Morgan fingerprint density at radius 2 is 1.69 bits per heavy atom. The summed E-state index contributed by atoms with van der Waals surface area (Å²) in [6, 6.07) is 20.4. The third-order valence-corrected chi connectivity index (χ3v) is 5.31. The molecule has 6 heteroatoms. The lowest BCUT2D eigenvalue weighted by molar-refractivity contribution is 0.102. The summed E-state index contributed by atoms with van der Waals surface area (Å²) < 4.78 is 15.1. The van der Waals surface area contributed by atoms with Gasteiger partial charge >= 0.3 is 0 Å². The van der Waals surface area contributed by atoms with Crippen molar-refractivity contribution in [1.29, 1.82) is 0 Å². The maximum atomic E-state index is 13.7. The molecule has 0 saturated carbocycles. The van der Waals surface area contributed by atoms with E-state index in [2.05, 4.69) is 10.4 Å². The topological polar surface area (TPSA) is 66.9 Å². The van der Waals surface area contributed by atoms with Gasteiger partial charge in [-0.05, 0) is 60.9 Å². The number of anilines is 1. The molecular formula is C26H24FN3O2. The molecule has 0 spiro atoms. The fourth-order valence-electron chi connectivity index (χ4n) is 3.58. The van der Waals surface area contributed by atoms with Gasteiger partial charge < -0.3 is 5.32 Å². The van der Waals surface area contributed by atoms with E-state index in [1.54, 1.807) is 48.5 Å². The van der Waals surface area contributed by atoms with E-state index < -0.39 is 5.82 Å². The zero-order chi connectivity index (χ0) is 22.8. The lowest BCUT2D eigenvalue weighted by Crippen LogP contribution is -2.15. The molecule has 0 saturated heterocycles. The molecule has 0 radical (unpaired) electrons. The highest BCUT2D eigenvalue weighted by Gasteiger charge is 2.19. The van der Waals surface area contributed by atoms with Crippen LogP contribution in [0.3, 0.4) is 0 Å². The number of amides is 1. The predicted molar refractivity (Wildman–Crippen MR) is 125 cm³/mol. The van der Waals surface area contributed by atoms with Gasteiger partial charge in [0.1, 0.15) is 5.82 Å². The number of halogens is 1. The molecule has 4 rings (SSSR count). The van der Waals surface area contributed by atoms with Crippen LogP contribution >= 0.6 is 0 Å². The predicted octanol–water partition coefficient (Wildman–Crippen LogP) is 5.66. The molecule has 0 aliphatic carbocycles. The number of nitrogens with one attached hydrogen (secondary N) is 2. The van der Waals surface area contributed by atoms with Crippen molar-refractivity contribution < 1.29 is 9.18 Å². The van der Waals surface area contributed by atoms with Gasteiger partial charge in [0.2, 0.25) is 0 Å². The van der Waals surface area contributed by atoms with Gasteiger partial charge in [-0.2, -0.15) is 0 Å². The van der Waals surface area contributed by atoms with Crippen LogP contribution in [0.25, 0.3) is 16.8 Å². The van der Waals surface area contributed by atoms with Gasteiger partial charge in [-0.25, -0.2) is 9.07 Å². The first-order chi connectivity index (χ1) is 15.3. The Labute approximate surface area is 185 Å². The van der Waals surface area contributed by atoms with Crippen LogP contribution in [0, 0.1) is 12.7 Å². The number of benzene rings is 3. The summed E-state index contributed by atoms with van der Waals surface area (Å²) in [5.41, 5.74) is 4.48. The van der Waals surface area contributed by atoms with Gasteiger partial charge in [-0.1, -0.05) is 49.7 Å². The van der Waals surface area contributed by atoms with Crippen LogP contribution in [0.1, 0.15) is 41.4 Å². The van der Waals surface area contributed by atoms with Gasteiger partial charge in [0.25, 0.3) is 11.5 Å². The minimum Gasteiger partial charge on any atom is -0.322 e. The molecule has 1 heterocycles. The second-order valence-electron chi connectivity index (χ2n) is 8.07. The van der Waals surface area contributed by atoms with Gasteiger partial charge in [0, 0.05) is 16.9 Å². The van der Waals surface area contributed by atoms with Crippen LogP contribution in [0.2, 0.25) is 0 Å². The Balaban J connectivity index is 1.66. The van der Waals surface area contributed by atoms with Gasteiger partial charge in [0.05, 0.1) is 11.3 Å². The first-order valence-corrected chi connectivity index (χ1v) is 10.4. The van der Waals surface area contributed by atoms with E-state index in [9.17, 15) is 14.0 Å². The molecule has 3 aromatic carbocycles. The first-order valence-electron chi connectivity index (χ1n) is 10.4. The zero-order valence-corrected chi connectivity index (χ0v) is 18.1. The number of carbonyl (C=O) groups excluding carboxylic acids is 1. The molecule has 0 aliphatic heterocycles. The summed E-state index contributed by atoms with van der Waals surface area (Å²) in [7, 11) is 0. The summed E-state index contributed by atoms with van der Waals surface area (Å²) in [6.45, 7) is 5.94. The number of aromatic nitrogens is 2. The van der Waals surface area contributed by atoms with Crippen molar-refractivity contribution in [3.05, 3.63) is 106 Å². The largest absolute Gasteiger partial charge is 0.322 e. The Bertz CT molecular complexity index is 1320. The zero-order valence-electron chi connectivity index (χ0n) is 18.1. The van der Waals surface area contributed by atoms with Crippen LogP contribution in [0.4, 0.5) is 10.1 Å². The maximum Gasteiger partial charge on any atom is 0.279 e. The van der Waals surface area contributed by atoms with E-state index in [0.717, 1.165) is 16.8 Å². The van der Waals surface area contributed by atoms with Crippen LogP contribution in [-0.4, -0.2) is 15.7 Å². The highest BCUT2D eigenvalue weighted by atomic mass is 19.1. The molecule has 0 bridgehead atoms. The molecule has 2 N–H and O–H groups in total. The van der Waals surface area contributed by atoms with Crippen LogP contribution < -0.4 is 10.9 Å². The lowest BCUT2D eigenvalue weighted by Gasteiger charge is -2.08. The lowest BCUT2D eigenvalue weighted by atomic mass is 9.99. The number of rotatable bonds is 5. The molecule has 32 heavy (non-hydrogen) atoms. The summed E-state index contributed by atoms with van der Waals surface area (Å²) in [4.78, 5) is 25.7. The summed E-state index contributed by atoms with van der Waals surface area (Å²) >= 11 is 0. The Morgan fingerprint density at radius 3 is 2.31 bits per heavy atom. The standard InChI is InChI=1S/C26H24FN3O2/c1-16(2)24-23(26(32)30(29-24)22-6-4-5-20(27)15-22)18-11-13-21(14-12-18)28-25(31)19-9-7-17(3)8-10-19/h4-16,29H,1-3H3,(H,28,31). The number of aryl methyl sites for hydroxylation is 1. The van der Waals surface area contributed by atoms with E-state index in [4.69, 9.17) is 0 Å². The highest BCUT2D eigenvalue weighted by Crippen LogP contribution is 2.27. The van der Waals surface area contributed by atoms with E-state index in [1.807, 2.05) is 32.9 Å². The van der Waals surface area contributed by atoms with Crippen molar-refractivity contribution >= 4 is 11.6 Å². The second-order valence-corrected chi connectivity index (χ2v) is 8.07. The molecule has 0 atom stereocenters. The van der Waals surface area contributed by atoms with Crippen molar-refractivity contribution in [1.82, 2.24) is 9.78 Å². The quantitative estimate of drug-likeness (QED) is 0.430. The van der Waals surface area contributed by atoms with Gasteiger partial charge in [-0.15, -0.1) is 0 Å². The molecule has 5 nitrogen and oxygen atoms in total. The monoisotopic (exact) mass is 429 g/mol. The van der Waals surface area contributed by atoms with E-state index in [-0.39, 0.29) is 17.4 Å². The molecule has 1 aromatic heterocycles. The Morgan fingerprint density at radius 1 is 1.00 bits per heavy atom. The molecule has 0 fully saturated rings. The average Bonchev–Trinajstić information content (AvgIpc) is 3.12. The van der Waals surface area contributed by atoms with Crippen LogP contribution in [0.15, 0.2) is 77.6 Å². The first kappa shape index (κ1) is 21.3. The Kier molecular flexibility index (Phi) is 5.77. The summed E-state index contributed by atoms with van der Waals surface area (Å²) in [5.74, 6) is -0.561. The molecule has 4 aromatic rings. The SMILES string of the molecule is Cc1ccc(C(=O)Nc2ccc(-c3c(C(C)C)[nH]n(-c4cccc(F)c4)c3=O)cc2)cc1. The third-order valence-electron chi connectivity index (χ3n) is 5.31. The third kappa shape index (κ3) is 4.25. The number of nitrogens with zero attached hydrogens (tertiary/aromatic N) is 1. The minimum absolute atomic E-state index is 0.0495. The summed E-state index contributed by atoms with van der Waals surface area (Å²) in [5, 5.41) is 6.01. The molecule has 1 amide bonds. The van der Waals surface area contributed by atoms with Crippen LogP contribution in [0.5, 0.6) is 0 Å².